The molecule has 1 saturated heterocycles. The van der Waals surface area contributed by atoms with Crippen LogP contribution in [0.15, 0.2) is 34.9 Å². The lowest BCUT2D eigenvalue weighted by Crippen LogP contribution is -2.48. The highest BCUT2D eigenvalue weighted by Crippen LogP contribution is 2.21. The second kappa shape index (κ2) is 7.15. The topological polar surface area (TPSA) is 85.4 Å². The van der Waals surface area contributed by atoms with Gasteiger partial charge in [-0.25, -0.2) is 0 Å². The number of aryl methyl sites for hydroxylation is 1. The largest absolute Gasteiger partial charge is 0.368 e. The predicted octanol–water partition coefficient (Wildman–Crippen LogP) is 1.62. The summed E-state index contributed by atoms with van der Waals surface area (Å²) in [6.45, 7) is 5.21. The highest BCUT2D eigenvalue weighted by atomic mass is 16.5. The smallest absolute Gasteiger partial charge is 0.239 e. The Kier molecular flexibility index (Phi) is 4.77. The monoisotopic (exact) mass is 325 g/mol. The van der Waals surface area contributed by atoms with Gasteiger partial charge in [0.1, 0.15) is 11.8 Å². The molecule has 0 bridgehead atoms. The van der Waals surface area contributed by atoms with Crippen LogP contribution in [-0.4, -0.2) is 48.7 Å². The number of nitriles is 1. The molecule has 0 unspecified atom stereocenters. The van der Waals surface area contributed by atoms with Crippen LogP contribution < -0.4 is 10.2 Å². The Morgan fingerprint density at radius 2 is 2.08 bits per heavy atom. The number of carbonyl (C=O) groups is 1. The molecule has 7 heteroatoms. The molecule has 1 amide bonds. The average molecular weight is 325 g/mol. The molecule has 1 aliphatic rings. The van der Waals surface area contributed by atoms with E-state index in [1.165, 1.54) is 0 Å². The first-order chi connectivity index (χ1) is 11.7. The first-order valence-corrected chi connectivity index (χ1v) is 7.85. The van der Waals surface area contributed by atoms with Gasteiger partial charge < -0.3 is 14.7 Å². The highest BCUT2D eigenvalue weighted by Gasteiger charge is 2.21. The number of para-hydroxylation sites is 1. The Morgan fingerprint density at radius 3 is 2.75 bits per heavy atom. The molecule has 1 aromatic carbocycles. The SMILES string of the molecule is Cc1cc(NC(=O)CN2CCN(c3ccccc3C#N)CC2)no1. The number of carbonyl (C=O) groups excluding carboxylic acids is 1. The normalized spacial score (nSPS) is 15.1. The third-order valence-corrected chi connectivity index (χ3v) is 4.00. The van der Waals surface area contributed by atoms with Crippen molar-refractivity contribution >= 4 is 17.4 Å². The van der Waals surface area contributed by atoms with E-state index >= 15 is 0 Å². The maximum Gasteiger partial charge on any atom is 0.239 e. The molecule has 0 radical (unpaired) electrons. The van der Waals surface area contributed by atoms with E-state index in [2.05, 4.69) is 26.3 Å². The number of hydrogen-bond acceptors (Lipinski definition) is 6. The number of hydrogen-bond donors (Lipinski definition) is 1. The van der Waals surface area contributed by atoms with Gasteiger partial charge in [-0.2, -0.15) is 5.26 Å². The zero-order chi connectivity index (χ0) is 16.9. The van der Waals surface area contributed by atoms with Gasteiger partial charge in [0, 0.05) is 32.2 Å². The average Bonchev–Trinajstić information content (AvgIpc) is 3.00. The number of amides is 1. The van der Waals surface area contributed by atoms with Crippen molar-refractivity contribution in [1.29, 1.82) is 5.26 Å². The van der Waals surface area contributed by atoms with Crippen LogP contribution in [-0.2, 0) is 4.79 Å². The standard InChI is InChI=1S/C17H19N5O2/c1-13-10-16(20-24-13)19-17(23)12-21-6-8-22(9-7-21)15-5-3-2-4-14(15)11-18/h2-5,10H,6-9,12H2,1H3,(H,19,20,23). The van der Waals surface area contributed by atoms with E-state index in [9.17, 15) is 10.1 Å². The number of rotatable bonds is 4. The molecule has 3 rings (SSSR count). The first kappa shape index (κ1) is 16.0. The minimum absolute atomic E-state index is 0.103. The summed E-state index contributed by atoms with van der Waals surface area (Å²) in [5.74, 6) is 1.00. The van der Waals surface area contributed by atoms with E-state index in [1.54, 1.807) is 13.0 Å². The number of aromatic nitrogens is 1. The minimum Gasteiger partial charge on any atom is -0.368 e. The molecule has 2 aromatic rings. The minimum atomic E-state index is -0.103. The Balaban J connectivity index is 1.52. The van der Waals surface area contributed by atoms with E-state index < -0.39 is 0 Å². The van der Waals surface area contributed by atoms with Crippen molar-refractivity contribution in [2.24, 2.45) is 0 Å². The second-order valence-corrected chi connectivity index (χ2v) is 5.76. The quantitative estimate of drug-likeness (QED) is 0.919. The van der Waals surface area contributed by atoms with E-state index in [4.69, 9.17) is 4.52 Å². The van der Waals surface area contributed by atoms with Gasteiger partial charge in [0.05, 0.1) is 17.8 Å². The Morgan fingerprint density at radius 1 is 1.33 bits per heavy atom. The third kappa shape index (κ3) is 3.73. The van der Waals surface area contributed by atoms with Crippen LogP contribution >= 0.6 is 0 Å². The number of nitrogens with one attached hydrogen (secondary N) is 1. The van der Waals surface area contributed by atoms with E-state index in [0.717, 1.165) is 31.9 Å². The van der Waals surface area contributed by atoms with Crippen LogP contribution in [0.3, 0.4) is 0 Å². The van der Waals surface area contributed by atoms with Crippen LogP contribution in [0, 0.1) is 18.3 Å². The molecule has 1 fully saturated rings. The molecule has 0 spiro atoms. The van der Waals surface area contributed by atoms with Gasteiger partial charge in [0.2, 0.25) is 5.91 Å². The summed E-state index contributed by atoms with van der Waals surface area (Å²) < 4.78 is 4.93. The number of nitrogens with zero attached hydrogens (tertiary/aromatic N) is 4. The molecular weight excluding hydrogens is 306 g/mol. The molecule has 124 valence electrons. The van der Waals surface area contributed by atoms with E-state index in [1.807, 2.05) is 24.3 Å². The molecule has 0 aliphatic carbocycles. The van der Waals surface area contributed by atoms with Crippen LogP contribution in [0.4, 0.5) is 11.5 Å². The van der Waals surface area contributed by atoms with Gasteiger partial charge >= 0.3 is 0 Å². The maximum atomic E-state index is 12.1. The van der Waals surface area contributed by atoms with E-state index in [-0.39, 0.29) is 5.91 Å². The third-order valence-electron chi connectivity index (χ3n) is 4.00. The summed E-state index contributed by atoms with van der Waals surface area (Å²) in [5, 5.41) is 15.7. The van der Waals surface area contributed by atoms with Crippen molar-refractivity contribution in [1.82, 2.24) is 10.1 Å². The van der Waals surface area contributed by atoms with Gasteiger partial charge in [-0.15, -0.1) is 0 Å². The van der Waals surface area contributed by atoms with Crippen molar-refractivity contribution in [3.8, 4) is 6.07 Å². The summed E-state index contributed by atoms with van der Waals surface area (Å²) in [7, 11) is 0. The first-order valence-electron chi connectivity index (χ1n) is 7.85. The Labute approximate surface area is 140 Å². The lowest BCUT2D eigenvalue weighted by Gasteiger charge is -2.36. The second-order valence-electron chi connectivity index (χ2n) is 5.76. The fourth-order valence-electron chi connectivity index (χ4n) is 2.80. The van der Waals surface area contributed by atoms with Crippen molar-refractivity contribution in [3.63, 3.8) is 0 Å². The van der Waals surface area contributed by atoms with Crippen molar-refractivity contribution in [2.75, 3.05) is 42.9 Å². The molecule has 1 aromatic heterocycles. The summed E-state index contributed by atoms with van der Waals surface area (Å²) in [6, 6.07) is 11.5. The molecule has 24 heavy (non-hydrogen) atoms. The fourth-order valence-corrected chi connectivity index (χ4v) is 2.80. The van der Waals surface area contributed by atoms with Gasteiger partial charge in [0.25, 0.3) is 0 Å². The van der Waals surface area contributed by atoms with Crippen LogP contribution in [0.25, 0.3) is 0 Å². The number of piperazine rings is 1. The Hall–Kier alpha value is -2.85. The molecule has 1 aliphatic heterocycles. The van der Waals surface area contributed by atoms with Gasteiger partial charge in [0.15, 0.2) is 5.82 Å². The molecular formula is C17H19N5O2. The predicted molar refractivity (Wildman–Crippen MR) is 89.7 cm³/mol. The summed E-state index contributed by atoms with van der Waals surface area (Å²) >= 11 is 0. The molecule has 0 atom stereocenters. The van der Waals surface area contributed by atoms with Crippen LogP contribution in [0.5, 0.6) is 0 Å². The molecule has 1 N–H and O–H groups in total. The lowest BCUT2D eigenvalue weighted by molar-refractivity contribution is -0.117. The van der Waals surface area contributed by atoms with Crippen molar-refractivity contribution < 1.29 is 9.32 Å². The summed E-state index contributed by atoms with van der Waals surface area (Å²) in [4.78, 5) is 16.3. The maximum absolute atomic E-state index is 12.1. The Bertz CT molecular complexity index is 756. The fraction of sp³-hybridized carbons (Fsp3) is 0.353. The summed E-state index contributed by atoms with van der Waals surface area (Å²) in [6.07, 6.45) is 0. The van der Waals surface area contributed by atoms with Crippen LogP contribution in [0.2, 0.25) is 0 Å². The van der Waals surface area contributed by atoms with Crippen molar-refractivity contribution in [2.45, 2.75) is 6.92 Å². The molecule has 0 saturated carbocycles. The molecule has 2 heterocycles. The van der Waals surface area contributed by atoms with Gasteiger partial charge in [-0.3, -0.25) is 9.69 Å². The highest BCUT2D eigenvalue weighted by molar-refractivity contribution is 5.91. The molecule has 7 nitrogen and oxygen atoms in total. The zero-order valence-corrected chi connectivity index (χ0v) is 13.5. The van der Waals surface area contributed by atoms with E-state index in [0.29, 0.717) is 23.7 Å². The van der Waals surface area contributed by atoms with Gasteiger partial charge in [-0.1, -0.05) is 17.3 Å². The van der Waals surface area contributed by atoms with Gasteiger partial charge in [-0.05, 0) is 19.1 Å². The zero-order valence-electron chi connectivity index (χ0n) is 13.5. The van der Waals surface area contributed by atoms with Crippen LogP contribution in [0.1, 0.15) is 11.3 Å². The van der Waals surface area contributed by atoms with Crippen molar-refractivity contribution in [3.05, 3.63) is 41.7 Å². The summed E-state index contributed by atoms with van der Waals surface area (Å²) in [5.41, 5.74) is 1.65. The number of benzene rings is 1. The number of anilines is 2. The lowest BCUT2D eigenvalue weighted by atomic mass is 10.1.